The van der Waals surface area contributed by atoms with Crippen LogP contribution < -0.4 is 0 Å². The molecular formula is C17H22N2O2. The molecule has 0 aliphatic heterocycles. The molecule has 0 saturated carbocycles. The van der Waals surface area contributed by atoms with Gasteiger partial charge in [-0.25, -0.2) is 0 Å². The summed E-state index contributed by atoms with van der Waals surface area (Å²) in [6.07, 6.45) is 3.01. The van der Waals surface area contributed by atoms with Gasteiger partial charge in [-0.1, -0.05) is 44.2 Å². The molecule has 1 N–H and O–H groups in total. The maximum absolute atomic E-state index is 12.1. The van der Waals surface area contributed by atoms with E-state index in [-0.39, 0.29) is 12.2 Å². The maximum Gasteiger partial charge on any atom is 0.171 e. The normalized spacial score (nSPS) is 12.6. The molecular weight excluding hydrogens is 264 g/mol. The fourth-order valence-corrected chi connectivity index (χ4v) is 2.43. The molecule has 0 bridgehead atoms. The van der Waals surface area contributed by atoms with Crippen LogP contribution in [-0.4, -0.2) is 20.7 Å². The molecule has 1 aromatic carbocycles. The van der Waals surface area contributed by atoms with E-state index in [1.165, 1.54) is 0 Å². The Labute approximate surface area is 125 Å². The van der Waals surface area contributed by atoms with Gasteiger partial charge in [-0.2, -0.15) is 5.10 Å². The van der Waals surface area contributed by atoms with Gasteiger partial charge in [0.15, 0.2) is 5.78 Å². The second-order valence-corrected chi connectivity index (χ2v) is 5.21. The largest absolute Gasteiger partial charge is 0.381 e. The first-order chi connectivity index (χ1) is 10.2. The number of aliphatic hydroxyl groups is 1. The molecule has 4 heteroatoms. The smallest absolute Gasteiger partial charge is 0.171 e. The topological polar surface area (TPSA) is 55.1 Å². The number of hydrogen-bond acceptors (Lipinski definition) is 3. The molecule has 0 aliphatic carbocycles. The fraction of sp³-hybridized carbons (Fsp3) is 0.412. The zero-order valence-electron chi connectivity index (χ0n) is 12.6. The average molecular weight is 286 g/mol. The van der Waals surface area contributed by atoms with E-state index in [2.05, 4.69) is 18.9 Å². The van der Waals surface area contributed by atoms with Gasteiger partial charge in [-0.3, -0.25) is 9.48 Å². The average Bonchev–Trinajstić information content (AvgIpc) is 2.97. The molecule has 1 aromatic heterocycles. The number of carbonyl (C=O) groups is 1. The van der Waals surface area contributed by atoms with Crippen molar-refractivity contribution >= 4 is 5.78 Å². The molecule has 4 nitrogen and oxygen atoms in total. The second-order valence-electron chi connectivity index (χ2n) is 5.21. The van der Waals surface area contributed by atoms with Crippen LogP contribution in [0.1, 0.15) is 50.1 Å². The monoisotopic (exact) mass is 286 g/mol. The Morgan fingerprint density at radius 1 is 1.19 bits per heavy atom. The van der Waals surface area contributed by atoms with E-state index >= 15 is 0 Å². The van der Waals surface area contributed by atoms with Crippen LogP contribution in [0.3, 0.4) is 0 Å². The van der Waals surface area contributed by atoms with Crippen LogP contribution in [-0.2, 0) is 11.2 Å². The summed E-state index contributed by atoms with van der Waals surface area (Å²) >= 11 is 0. The van der Waals surface area contributed by atoms with Crippen molar-refractivity contribution in [2.75, 3.05) is 0 Å². The molecule has 0 amide bonds. The maximum atomic E-state index is 12.1. The van der Waals surface area contributed by atoms with E-state index in [0.717, 1.165) is 12.8 Å². The summed E-state index contributed by atoms with van der Waals surface area (Å²) in [5, 5.41) is 14.5. The minimum Gasteiger partial charge on any atom is -0.381 e. The molecule has 21 heavy (non-hydrogen) atoms. The second kappa shape index (κ2) is 7.18. The number of aliphatic hydroxyl groups excluding tert-OH is 1. The third-order valence-corrected chi connectivity index (χ3v) is 3.76. The Morgan fingerprint density at radius 3 is 2.48 bits per heavy atom. The molecule has 0 radical (unpaired) electrons. The van der Waals surface area contributed by atoms with E-state index in [4.69, 9.17) is 0 Å². The van der Waals surface area contributed by atoms with Crippen molar-refractivity contribution in [1.82, 2.24) is 9.78 Å². The number of benzene rings is 1. The molecule has 1 heterocycles. The molecule has 0 aliphatic rings. The van der Waals surface area contributed by atoms with Gasteiger partial charge in [-0.05, 0) is 24.5 Å². The van der Waals surface area contributed by atoms with Gasteiger partial charge in [0.1, 0.15) is 6.10 Å². The number of hydrogen-bond donors (Lipinski definition) is 1. The third kappa shape index (κ3) is 3.79. The number of rotatable bonds is 7. The Balaban J connectivity index is 2.03. The summed E-state index contributed by atoms with van der Waals surface area (Å²) in [7, 11) is 0. The molecule has 2 rings (SSSR count). The van der Waals surface area contributed by atoms with E-state index in [1.807, 2.05) is 35.1 Å². The zero-order valence-corrected chi connectivity index (χ0v) is 12.6. The minimum absolute atomic E-state index is 0.156. The van der Waals surface area contributed by atoms with Crippen LogP contribution in [0.5, 0.6) is 0 Å². The number of nitrogens with zero attached hydrogens (tertiary/aromatic N) is 2. The molecule has 1 unspecified atom stereocenters. The highest BCUT2D eigenvalue weighted by molar-refractivity contribution is 5.85. The van der Waals surface area contributed by atoms with E-state index in [9.17, 15) is 9.90 Å². The lowest BCUT2D eigenvalue weighted by molar-refractivity contribution is -0.126. The number of ketones is 1. The third-order valence-electron chi connectivity index (χ3n) is 3.76. The van der Waals surface area contributed by atoms with Crippen LogP contribution in [0.25, 0.3) is 0 Å². The fourth-order valence-electron chi connectivity index (χ4n) is 2.43. The van der Waals surface area contributed by atoms with Crippen molar-refractivity contribution < 1.29 is 9.90 Å². The summed E-state index contributed by atoms with van der Waals surface area (Å²) in [4.78, 5) is 12.1. The Bertz CT molecular complexity index is 573. The number of Topliss-reactive ketones (excluding diaryl/α,β-unsaturated/α-hetero) is 1. The lowest BCUT2D eigenvalue weighted by atomic mass is 10.0. The first-order valence-corrected chi connectivity index (χ1v) is 7.45. The van der Waals surface area contributed by atoms with Crippen molar-refractivity contribution in [3.05, 3.63) is 53.9 Å². The van der Waals surface area contributed by atoms with E-state index in [1.54, 1.807) is 12.1 Å². The van der Waals surface area contributed by atoms with Crippen LogP contribution in [0, 0.1) is 0 Å². The predicted molar refractivity (Wildman–Crippen MR) is 82.0 cm³/mol. The lowest BCUT2D eigenvalue weighted by Gasteiger charge is -2.12. The summed E-state index contributed by atoms with van der Waals surface area (Å²) in [6, 6.07) is 11.2. The van der Waals surface area contributed by atoms with Crippen LogP contribution >= 0.6 is 0 Å². The van der Waals surface area contributed by atoms with Gasteiger partial charge in [0.25, 0.3) is 0 Å². The predicted octanol–water partition coefficient (Wildman–Crippen LogP) is 3.09. The van der Waals surface area contributed by atoms with Crippen molar-refractivity contribution in [2.45, 2.75) is 45.3 Å². The number of aromatic nitrogens is 2. The molecule has 0 spiro atoms. The highest BCUT2D eigenvalue weighted by atomic mass is 16.3. The molecule has 2 aromatic rings. The quantitative estimate of drug-likeness (QED) is 0.851. The van der Waals surface area contributed by atoms with Gasteiger partial charge in [-0.15, -0.1) is 0 Å². The SMILES string of the molecule is CCC(CC)n1ccc(CC(=O)C(O)c2ccccc2)n1. The number of carbonyl (C=O) groups excluding carboxylic acids is 1. The van der Waals surface area contributed by atoms with Gasteiger partial charge < -0.3 is 5.11 Å². The van der Waals surface area contributed by atoms with E-state index in [0.29, 0.717) is 17.3 Å². The first-order valence-electron chi connectivity index (χ1n) is 7.45. The standard InChI is InChI=1S/C17H22N2O2/c1-3-15(4-2)19-11-10-14(18-19)12-16(20)17(21)13-8-6-5-7-9-13/h5-11,15,17,21H,3-4,12H2,1-2H3. The van der Waals surface area contributed by atoms with Gasteiger partial charge in [0.05, 0.1) is 18.2 Å². The minimum atomic E-state index is -1.08. The van der Waals surface area contributed by atoms with Crippen molar-refractivity contribution in [3.63, 3.8) is 0 Å². The van der Waals surface area contributed by atoms with Gasteiger partial charge >= 0.3 is 0 Å². The summed E-state index contributed by atoms with van der Waals surface area (Å²) in [5.41, 5.74) is 1.34. The van der Waals surface area contributed by atoms with Crippen LogP contribution in [0.2, 0.25) is 0 Å². The Kier molecular flexibility index (Phi) is 5.28. The van der Waals surface area contributed by atoms with E-state index < -0.39 is 6.10 Å². The molecule has 1 atom stereocenters. The summed E-state index contributed by atoms with van der Waals surface area (Å²) in [6.45, 7) is 4.25. The zero-order chi connectivity index (χ0) is 15.2. The molecule has 112 valence electrons. The molecule has 0 fully saturated rings. The first kappa shape index (κ1) is 15.4. The van der Waals surface area contributed by atoms with Gasteiger partial charge in [0, 0.05) is 6.20 Å². The Morgan fingerprint density at radius 2 is 1.86 bits per heavy atom. The summed E-state index contributed by atoms with van der Waals surface area (Å²) < 4.78 is 1.91. The van der Waals surface area contributed by atoms with Crippen molar-refractivity contribution in [3.8, 4) is 0 Å². The highest BCUT2D eigenvalue weighted by Crippen LogP contribution is 2.17. The van der Waals surface area contributed by atoms with Crippen LogP contribution in [0.4, 0.5) is 0 Å². The Hall–Kier alpha value is -1.94. The lowest BCUT2D eigenvalue weighted by Crippen LogP contribution is -2.15. The molecule has 0 saturated heterocycles. The summed E-state index contributed by atoms with van der Waals surface area (Å²) in [5.74, 6) is -0.226. The van der Waals surface area contributed by atoms with Crippen molar-refractivity contribution in [1.29, 1.82) is 0 Å². The van der Waals surface area contributed by atoms with Crippen molar-refractivity contribution in [2.24, 2.45) is 0 Å². The highest BCUT2D eigenvalue weighted by Gasteiger charge is 2.19. The van der Waals surface area contributed by atoms with Gasteiger partial charge in [0.2, 0.25) is 0 Å². The van der Waals surface area contributed by atoms with Crippen LogP contribution in [0.15, 0.2) is 42.6 Å².